The summed E-state index contributed by atoms with van der Waals surface area (Å²) in [6, 6.07) is 18.6. The third kappa shape index (κ3) is 4.75. The van der Waals surface area contributed by atoms with Crippen molar-refractivity contribution in [2.24, 2.45) is 4.99 Å². The molecule has 3 aromatic rings. The Kier molecular flexibility index (Phi) is 5.89. The number of guanidine groups is 1. The molecule has 1 aromatic heterocycles. The van der Waals surface area contributed by atoms with Crippen molar-refractivity contribution in [1.82, 2.24) is 10.3 Å². The molecule has 0 unspecified atom stereocenters. The maximum Gasteiger partial charge on any atom is 0.257 e. The summed E-state index contributed by atoms with van der Waals surface area (Å²) in [6.07, 6.45) is 2.63. The molecule has 2 N–H and O–H groups in total. The van der Waals surface area contributed by atoms with Crippen LogP contribution in [0.5, 0.6) is 11.5 Å². The number of ether oxygens (including phenoxy) is 2. The second kappa shape index (κ2) is 9.09. The van der Waals surface area contributed by atoms with Gasteiger partial charge in [0.15, 0.2) is 11.5 Å². The lowest BCUT2D eigenvalue weighted by Gasteiger charge is -2.12. The number of fused-ring (bicyclic) bond motifs is 1. The van der Waals surface area contributed by atoms with Crippen molar-refractivity contribution in [2.45, 2.75) is 19.9 Å². The molecule has 0 atom stereocenters. The van der Waals surface area contributed by atoms with Gasteiger partial charge in [0, 0.05) is 23.5 Å². The smallest absolute Gasteiger partial charge is 0.257 e. The van der Waals surface area contributed by atoms with Crippen molar-refractivity contribution in [3.05, 3.63) is 83.7 Å². The quantitative estimate of drug-likeness (QED) is 0.501. The number of nitrogens with one attached hydrogen (secondary N) is 2. The Morgan fingerprint density at radius 2 is 1.90 bits per heavy atom. The molecule has 7 nitrogen and oxygen atoms in total. The van der Waals surface area contributed by atoms with Gasteiger partial charge >= 0.3 is 0 Å². The molecular formula is C23H22N4O3. The largest absolute Gasteiger partial charge is 0.454 e. The zero-order valence-electron chi connectivity index (χ0n) is 16.6. The minimum Gasteiger partial charge on any atom is -0.454 e. The number of hydrogen-bond acceptors (Lipinski definition) is 5. The van der Waals surface area contributed by atoms with Crippen LogP contribution in [0.3, 0.4) is 0 Å². The highest BCUT2D eigenvalue weighted by molar-refractivity contribution is 6.10. The summed E-state index contributed by atoms with van der Waals surface area (Å²) >= 11 is 0. The average molecular weight is 402 g/mol. The van der Waals surface area contributed by atoms with Gasteiger partial charge < -0.3 is 14.8 Å². The maximum atomic E-state index is 12.8. The molecule has 0 fully saturated rings. The van der Waals surface area contributed by atoms with Crippen molar-refractivity contribution in [3.63, 3.8) is 0 Å². The number of aromatic nitrogens is 1. The molecule has 2 heterocycles. The van der Waals surface area contributed by atoms with Crippen molar-refractivity contribution in [2.75, 3.05) is 12.1 Å². The van der Waals surface area contributed by atoms with E-state index in [2.05, 4.69) is 27.5 Å². The van der Waals surface area contributed by atoms with Crippen LogP contribution in [-0.4, -0.2) is 23.6 Å². The Morgan fingerprint density at radius 1 is 1.07 bits per heavy atom. The number of benzene rings is 2. The predicted molar refractivity (Wildman–Crippen MR) is 115 cm³/mol. The number of nitrogens with zero attached hydrogens (tertiary/aromatic N) is 2. The van der Waals surface area contributed by atoms with Gasteiger partial charge in [-0.3, -0.25) is 15.1 Å². The summed E-state index contributed by atoms with van der Waals surface area (Å²) in [5, 5.41) is 6.01. The van der Waals surface area contributed by atoms with Gasteiger partial charge in [-0.25, -0.2) is 4.99 Å². The Labute approximate surface area is 174 Å². The molecule has 1 amide bonds. The van der Waals surface area contributed by atoms with Crippen molar-refractivity contribution >= 4 is 17.6 Å². The van der Waals surface area contributed by atoms with Crippen molar-refractivity contribution in [3.8, 4) is 11.5 Å². The predicted octanol–water partition coefficient (Wildman–Crippen LogP) is 3.77. The lowest BCUT2D eigenvalue weighted by Crippen LogP contribution is -2.36. The normalized spacial score (nSPS) is 12.5. The van der Waals surface area contributed by atoms with Crippen LogP contribution in [-0.2, 0) is 13.0 Å². The van der Waals surface area contributed by atoms with Crippen LogP contribution in [0.2, 0.25) is 0 Å². The van der Waals surface area contributed by atoms with E-state index in [0.717, 1.165) is 17.8 Å². The Balaban J connectivity index is 1.53. The lowest BCUT2D eigenvalue weighted by molar-refractivity contribution is 0.0977. The second-order valence-corrected chi connectivity index (χ2v) is 6.68. The van der Waals surface area contributed by atoms with Crippen LogP contribution in [0.1, 0.15) is 28.5 Å². The fourth-order valence-corrected chi connectivity index (χ4v) is 2.94. The van der Waals surface area contributed by atoms with Gasteiger partial charge in [0.25, 0.3) is 5.91 Å². The van der Waals surface area contributed by atoms with Crippen LogP contribution in [0, 0.1) is 0 Å². The Morgan fingerprint density at radius 3 is 2.67 bits per heavy atom. The third-order valence-electron chi connectivity index (χ3n) is 4.62. The van der Waals surface area contributed by atoms with Gasteiger partial charge in [0.2, 0.25) is 12.8 Å². The molecule has 0 aliphatic carbocycles. The van der Waals surface area contributed by atoms with Gasteiger partial charge in [-0.2, -0.15) is 0 Å². The van der Waals surface area contributed by atoms with E-state index in [-0.39, 0.29) is 12.7 Å². The SMILES string of the molecule is CCc1ccc(C(=O)NC(=NCc2ccccn2)Nc2ccc3c(c2)OCO3)cc1. The molecular weight excluding hydrogens is 380 g/mol. The number of pyridine rings is 1. The van der Waals surface area contributed by atoms with Gasteiger partial charge in [0.05, 0.1) is 12.2 Å². The Hall–Kier alpha value is -3.87. The highest BCUT2D eigenvalue weighted by Gasteiger charge is 2.15. The van der Waals surface area contributed by atoms with Crippen LogP contribution in [0.25, 0.3) is 0 Å². The van der Waals surface area contributed by atoms with E-state index < -0.39 is 0 Å². The number of hydrogen-bond donors (Lipinski definition) is 2. The molecule has 0 saturated carbocycles. The first-order chi connectivity index (χ1) is 14.7. The molecule has 1 aliphatic heterocycles. The van der Waals surface area contributed by atoms with Gasteiger partial charge in [-0.15, -0.1) is 0 Å². The topological polar surface area (TPSA) is 84.8 Å². The number of rotatable bonds is 5. The minimum absolute atomic E-state index is 0.198. The van der Waals surface area contributed by atoms with Crippen LogP contribution in [0.15, 0.2) is 71.9 Å². The minimum atomic E-state index is -0.245. The van der Waals surface area contributed by atoms with E-state index in [1.165, 1.54) is 5.56 Å². The van der Waals surface area contributed by atoms with Crippen LogP contribution in [0.4, 0.5) is 5.69 Å². The first-order valence-electron chi connectivity index (χ1n) is 9.72. The number of amides is 1. The monoisotopic (exact) mass is 402 g/mol. The number of aryl methyl sites for hydroxylation is 1. The zero-order chi connectivity index (χ0) is 20.8. The van der Waals surface area contributed by atoms with E-state index >= 15 is 0 Å². The van der Waals surface area contributed by atoms with Gasteiger partial charge in [-0.1, -0.05) is 25.1 Å². The molecule has 7 heteroatoms. The van der Waals surface area contributed by atoms with Gasteiger partial charge in [-0.05, 0) is 48.4 Å². The first kappa shape index (κ1) is 19.4. The fourth-order valence-electron chi connectivity index (χ4n) is 2.94. The van der Waals surface area contributed by atoms with E-state index in [1.54, 1.807) is 12.3 Å². The molecule has 0 spiro atoms. The second-order valence-electron chi connectivity index (χ2n) is 6.68. The summed E-state index contributed by atoms with van der Waals surface area (Å²) in [5.74, 6) is 1.41. The number of carbonyl (C=O) groups is 1. The number of carbonyl (C=O) groups excluding carboxylic acids is 1. The highest BCUT2D eigenvalue weighted by Crippen LogP contribution is 2.34. The van der Waals surface area contributed by atoms with E-state index in [1.807, 2.05) is 54.6 Å². The number of aliphatic imine (C=N–C) groups is 1. The molecule has 0 saturated heterocycles. The van der Waals surface area contributed by atoms with Gasteiger partial charge in [0.1, 0.15) is 0 Å². The summed E-state index contributed by atoms with van der Waals surface area (Å²) in [6.45, 7) is 2.60. The van der Waals surface area contributed by atoms with Crippen molar-refractivity contribution in [1.29, 1.82) is 0 Å². The fraction of sp³-hybridized carbons (Fsp3) is 0.174. The molecule has 0 bridgehead atoms. The zero-order valence-corrected chi connectivity index (χ0v) is 16.6. The first-order valence-corrected chi connectivity index (χ1v) is 9.72. The van der Waals surface area contributed by atoms with Crippen molar-refractivity contribution < 1.29 is 14.3 Å². The standard InChI is InChI=1S/C23H22N4O3/c1-2-16-6-8-17(9-7-16)22(28)27-23(25-14-19-5-3-4-12-24-19)26-18-10-11-20-21(13-18)30-15-29-20/h3-13H,2,14-15H2,1H3,(H2,25,26,27,28). The lowest BCUT2D eigenvalue weighted by atomic mass is 10.1. The molecule has 152 valence electrons. The van der Waals surface area contributed by atoms with Crippen LogP contribution >= 0.6 is 0 Å². The average Bonchev–Trinajstić information content (AvgIpc) is 3.26. The summed E-state index contributed by atoms with van der Waals surface area (Å²) in [4.78, 5) is 21.5. The number of anilines is 1. The molecule has 30 heavy (non-hydrogen) atoms. The van der Waals surface area contributed by atoms with E-state index in [9.17, 15) is 4.79 Å². The van der Waals surface area contributed by atoms with Crippen LogP contribution < -0.4 is 20.1 Å². The molecule has 4 rings (SSSR count). The summed E-state index contributed by atoms with van der Waals surface area (Å²) in [5.41, 5.74) is 3.25. The summed E-state index contributed by atoms with van der Waals surface area (Å²) < 4.78 is 10.8. The highest BCUT2D eigenvalue weighted by atomic mass is 16.7. The maximum absolute atomic E-state index is 12.8. The third-order valence-corrected chi connectivity index (χ3v) is 4.62. The van der Waals surface area contributed by atoms with E-state index in [0.29, 0.717) is 29.6 Å². The molecule has 0 radical (unpaired) electrons. The molecule has 2 aromatic carbocycles. The molecule has 1 aliphatic rings. The Bertz CT molecular complexity index is 1050. The summed E-state index contributed by atoms with van der Waals surface area (Å²) in [7, 11) is 0. The van der Waals surface area contributed by atoms with E-state index in [4.69, 9.17) is 9.47 Å².